The van der Waals surface area contributed by atoms with E-state index in [1.807, 2.05) is 0 Å². The summed E-state index contributed by atoms with van der Waals surface area (Å²) in [6.45, 7) is 2.32. The molecule has 0 saturated heterocycles. The lowest BCUT2D eigenvalue weighted by Crippen LogP contribution is -2.26. The van der Waals surface area contributed by atoms with E-state index in [9.17, 15) is 13.2 Å². The molecule has 4 rings (SSSR count). The minimum Gasteiger partial charge on any atom is -0.406 e. The molecule has 0 heterocycles. The second-order valence-corrected chi connectivity index (χ2v) is 9.00. The third kappa shape index (κ3) is 5.85. The molecule has 1 atom stereocenters. The lowest BCUT2D eigenvalue weighted by atomic mass is 9.69. The van der Waals surface area contributed by atoms with Gasteiger partial charge in [-0.05, 0) is 97.4 Å². The van der Waals surface area contributed by atoms with Crippen LogP contribution in [-0.4, -0.2) is 6.36 Å². The monoisotopic (exact) mass is 426 g/mol. The van der Waals surface area contributed by atoms with Crippen LogP contribution >= 0.6 is 0 Å². The summed E-state index contributed by atoms with van der Waals surface area (Å²) in [6.07, 6.45) is 5.83. The van der Waals surface area contributed by atoms with E-state index in [1.165, 1.54) is 68.2 Å². The average Bonchev–Trinajstić information content (AvgIpc) is 2.77. The highest BCUT2D eigenvalue weighted by Gasteiger charge is 2.31. The maximum atomic E-state index is 12.3. The first-order valence-corrected chi connectivity index (χ1v) is 11.4. The first-order chi connectivity index (χ1) is 14.9. The van der Waals surface area contributed by atoms with Crippen LogP contribution in [0.15, 0.2) is 42.5 Å². The Hall–Kier alpha value is -2.41. The van der Waals surface area contributed by atoms with Crippen molar-refractivity contribution in [2.45, 2.75) is 64.7 Å². The maximum Gasteiger partial charge on any atom is 0.573 e. The van der Waals surface area contributed by atoms with Crippen LogP contribution in [0.2, 0.25) is 0 Å². The van der Waals surface area contributed by atoms with Crippen LogP contribution in [0.25, 0.3) is 0 Å². The van der Waals surface area contributed by atoms with Crippen LogP contribution in [0.1, 0.15) is 67.7 Å². The second kappa shape index (κ2) is 9.39. The molecule has 1 nitrogen and oxygen atoms in total. The van der Waals surface area contributed by atoms with Crippen LogP contribution in [0.3, 0.4) is 0 Å². The molecule has 1 saturated carbocycles. The zero-order valence-corrected chi connectivity index (χ0v) is 18.0. The summed E-state index contributed by atoms with van der Waals surface area (Å²) < 4.78 is 40.7. The molecule has 0 bridgehead atoms. The minimum atomic E-state index is -4.68. The summed E-state index contributed by atoms with van der Waals surface area (Å²) in [5.41, 5.74) is 4.48. The third-order valence-corrected chi connectivity index (χ3v) is 7.05. The number of hydrogen-bond acceptors (Lipinski definition) is 1. The van der Waals surface area contributed by atoms with Crippen molar-refractivity contribution in [2.75, 3.05) is 0 Å². The Balaban J connectivity index is 1.38. The Morgan fingerprint density at radius 2 is 1.52 bits per heavy atom. The van der Waals surface area contributed by atoms with Gasteiger partial charge in [0.15, 0.2) is 0 Å². The minimum absolute atomic E-state index is 0.232. The van der Waals surface area contributed by atoms with Crippen molar-refractivity contribution in [3.8, 4) is 17.6 Å². The molecule has 0 spiro atoms. The fraction of sp³-hybridized carbons (Fsp3) is 0.481. The van der Waals surface area contributed by atoms with E-state index >= 15 is 0 Å². The number of halogens is 3. The number of rotatable bonds is 3. The van der Waals surface area contributed by atoms with E-state index in [1.54, 1.807) is 12.1 Å². The van der Waals surface area contributed by atoms with Gasteiger partial charge in [0.05, 0.1) is 0 Å². The molecular weight excluding hydrogens is 397 g/mol. The van der Waals surface area contributed by atoms with Crippen LogP contribution in [-0.2, 0) is 12.8 Å². The molecule has 0 aromatic heterocycles. The van der Waals surface area contributed by atoms with E-state index in [2.05, 4.69) is 41.7 Å². The van der Waals surface area contributed by atoms with Crippen molar-refractivity contribution in [3.05, 3.63) is 64.7 Å². The molecule has 0 radical (unpaired) electrons. The normalized spacial score (nSPS) is 23.4. The van der Waals surface area contributed by atoms with Gasteiger partial charge in [0.2, 0.25) is 0 Å². The number of alkyl halides is 3. The second-order valence-electron chi connectivity index (χ2n) is 9.00. The number of fused-ring (bicyclic) bond motifs is 1. The van der Waals surface area contributed by atoms with Crippen LogP contribution in [0, 0.1) is 29.6 Å². The summed E-state index contributed by atoms with van der Waals surface area (Å²) in [6, 6.07) is 12.2. The Labute approximate surface area is 183 Å². The molecule has 1 unspecified atom stereocenters. The smallest absolute Gasteiger partial charge is 0.406 e. The molecule has 164 valence electrons. The first kappa shape index (κ1) is 21.8. The summed E-state index contributed by atoms with van der Waals surface area (Å²) in [5, 5.41) is 0. The van der Waals surface area contributed by atoms with Crippen molar-refractivity contribution < 1.29 is 17.9 Å². The predicted molar refractivity (Wildman–Crippen MR) is 117 cm³/mol. The summed E-state index contributed by atoms with van der Waals surface area (Å²) in [5.74, 6) is 8.61. The molecule has 4 heteroatoms. The van der Waals surface area contributed by atoms with Gasteiger partial charge in [-0.1, -0.05) is 44.1 Å². The maximum absolute atomic E-state index is 12.3. The Bertz CT molecular complexity index is 941. The highest BCUT2D eigenvalue weighted by atomic mass is 19.4. The Morgan fingerprint density at radius 1 is 0.839 bits per heavy atom. The number of aryl methyl sites for hydroxylation is 1. The largest absolute Gasteiger partial charge is 0.573 e. The quantitative estimate of drug-likeness (QED) is 0.468. The lowest BCUT2D eigenvalue weighted by molar-refractivity contribution is -0.274. The molecule has 2 aliphatic carbocycles. The molecule has 31 heavy (non-hydrogen) atoms. The molecule has 1 fully saturated rings. The molecular formula is C27H29F3O. The molecule has 2 aromatic carbocycles. The van der Waals surface area contributed by atoms with Gasteiger partial charge >= 0.3 is 6.36 Å². The zero-order chi connectivity index (χ0) is 21.8. The molecule has 0 aliphatic heterocycles. The summed E-state index contributed by atoms with van der Waals surface area (Å²) in [4.78, 5) is 0. The van der Waals surface area contributed by atoms with Crippen LogP contribution in [0.4, 0.5) is 13.2 Å². The van der Waals surface area contributed by atoms with Crippen LogP contribution in [0.5, 0.6) is 5.75 Å². The van der Waals surface area contributed by atoms with Gasteiger partial charge in [-0.15, -0.1) is 13.2 Å². The fourth-order valence-corrected chi connectivity index (χ4v) is 5.22. The Kier molecular flexibility index (Phi) is 6.60. The van der Waals surface area contributed by atoms with Crippen molar-refractivity contribution in [1.82, 2.24) is 0 Å². The predicted octanol–water partition coefficient (Wildman–Crippen LogP) is 7.31. The lowest BCUT2D eigenvalue weighted by Gasteiger charge is -2.36. The van der Waals surface area contributed by atoms with Gasteiger partial charge in [0.1, 0.15) is 5.75 Å². The number of hydrogen-bond donors (Lipinski definition) is 0. The van der Waals surface area contributed by atoms with E-state index in [-0.39, 0.29) is 5.75 Å². The van der Waals surface area contributed by atoms with Crippen molar-refractivity contribution in [1.29, 1.82) is 0 Å². The first-order valence-electron chi connectivity index (χ1n) is 11.4. The van der Waals surface area contributed by atoms with Crippen LogP contribution < -0.4 is 4.74 Å². The van der Waals surface area contributed by atoms with Gasteiger partial charge in [-0.3, -0.25) is 0 Å². The standard InChI is InChI=1S/C27H29F3O/c1-2-19-5-10-22(11-6-19)24-14-13-23-17-21(7-12-25(23)18-24)4-3-20-8-15-26(16-9-20)31-27(28,29)30/h7-9,12,15-17,19,22,24H,2,5-6,10-11,13-14,18H2,1H3. The third-order valence-electron chi connectivity index (χ3n) is 7.05. The SMILES string of the molecule is CCC1CCC(C2CCc3cc(C#Cc4ccc(OC(F)(F)F)cc4)ccc3C2)CC1. The molecule has 2 aliphatic rings. The highest BCUT2D eigenvalue weighted by Crippen LogP contribution is 2.40. The van der Waals surface area contributed by atoms with E-state index in [0.717, 1.165) is 29.7 Å². The van der Waals surface area contributed by atoms with Crippen molar-refractivity contribution >= 4 is 0 Å². The average molecular weight is 427 g/mol. The zero-order valence-electron chi connectivity index (χ0n) is 18.0. The topological polar surface area (TPSA) is 9.23 Å². The number of benzene rings is 2. The van der Waals surface area contributed by atoms with Crippen molar-refractivity contribution in [3.63, 3.8) is 0 Å². The van der Waals surface area contributed by atoms with Gasteiger partial charge in [-0.2, -0.15) is 0 Å². The van der Waals surface area contributed by atoms with Gasteiger partial charge in [-0.25, -0.2) is 0 Å². The fourth-order valence-electron chi connectivity index (χ4n) is 5.22. The number of ether oxygens (including phenoxy) is 1. The summed E-state index contributed by atoms with van der Waals surface area (Å²) in [7, 11) is 0. The highest BCUT2D eigenvalue weighted by molar-refractivity contribution is 5.47. The molecule has 0 N–H and O–H groups in total. The van der Waals surface area contributed by atoms with E-state index < -0.39 is 6.36 Å². The van der Waals surface area contributed by atoms with Gasteiger partial charge in [0.25, 0.3) is 0 Å². The van der Waals surface area contributed by atoms with Gasteiger partial charge in [0, 0.05) is 11.1 Å². The Morgan fingerprint density at radius 3 is 2.19 bits per heavy atom. The molecule has 2 aromatic rings. The van der Waals surface area contributed by atoms with Gasteiger partial charge < -0.3 is 4.74 Å². The van der Waals surface area contributed by atoms with E-state index in [4.69, 9.17) is 0 Å². The van der Waals surface area contributed by atoms with Crippen molar-refractivity contribution in [2.24, 2.45) is 17.8 Å². The summed E-state index contributed by atoms with van der Waals surface area (Å²) >= 11 is 0. The van der Waals surface area contributed by atoms with E-state index in [0.29, 0.717) is 5.56 Å². The molecule has 0 amide bonds.